The summed E-state index contributed by atoms with van der Waals surface area (Å²) in [5.41, 5.74) is 1.56. The van der Waals surface area contributed by atoms with Gasteiger partial charge in [-0.3, -0.25) is 9.55 Å². The Morgan fingerprint density at radius 1 is 1.47 bits per heavy atom. The van der Waals surface area contributed by atoms with Crippen molar-refractivity contribution in [2.24, 2.45) is 0 Å². The first-order chi connectivity index (χ1) is 7.18. The van der Waals surface area contributed by atoms with Crippen LogP contribution in [0.2, 0.25) is 0 Å². The Morgan fingerprint density at radius 3 is 3.00 bits per heavy atom. The normalized spacial score (nSPS) is 10.9. The van der Waals surface area contributed by atoms with Gasteiger partial charge in [0.1, 0.15) is 0 Å². The lowest BCUT2D eigenvalue weighted by atomic mass is 10.4. The van der Waals surface area contributed by atoms with E-state index in [2.05, 4.69) is 4.98 Å². The predicted octanol–water partition coefficient (Wildman–Crippen LogP) is 2.43. The Balaban J connectivity index is 2.40. The molecule has 0 atom stereocenters. The van der Waals surface area contributed by atoms with Crippen molar-refractivity contribution in [3.8, 4) is 0 Å². The molecule has 0 spiro atoms. The lowest BCUT2D eigenvalue weighted by molar-refractivity contribution is 0.118. The second kappa shape index (κ2) is 3.73. The van der Waals surface area contributed by atoms with E-state index in [-0.39, 0.29) is 12.2 Å². The monoisotopic (exact) mass is 204 g/mol. The van der Waals surface area contributed by atoms with E-state index in [1.54, 1.807) is 24.5 Å². The number of carbonyl (C=O) groups is 1. The number of ether oxygens (including phenoxy) is 1. The van der Waals surface area contributed by atoms with Crippen molar-refractivity contribution in [3.05, 3.63) is 30.6 Å². The molecule has 0 aliphatic heterocycles. The number of hydrogen-bond acceptors (Lipinski definition) is 3. The molecule has 0 N–H and O–H groups in total. The van der Waals surface area contributed by atoms with Gasteiger partial charge in [0.2, 0.25) is 0 Å². The van der Waals surface area contributed by atoms with Crippen LogP contribution in [-0.2, 0) is 4.74 Å². The van der Waals surface area contributed by atoms with Gasteiger partial charge >= 0.3 is 6.09 Å². The van der Waals surface area contributed by atoms with Gasteiger partial charge in [0.05, 0.1) is 17.1 Å². The standard InChI is InChI=1S/C11H12N2O2/c1-8(2)15-11(14)13-7-5-9-10(13)4-3-6-12-9/h3-8H,1-2H3. The third kappa shape index (κ3) is 1.83. The molecular formula is C11H12N2O2. The van der Waals surface area contributed by atoms with Crippen LogP contribution in [-0.4, -0.2) is 21.7 Å². The van der Waals surface area contributed by atoms with Crippen LogP contribution in [0.15, 0.2) is 30.6 Å². The van der Waals surface area contributed by atoms with E-state index < -0.39 is 0 Å². The summed E-state index contributed by atoms with van der Waals surface area (Å²) < 4.78 is 6.56. The molecule has 15 heavy (non-hydrogen) atoms. The van der Waals surface area contributed by atoms with Crippen molar-refractivity contribution < 1.29 is 9.53 Å². The van der Waals surface area contributed by atoms with Crippen molar-refractivity contribution in [3.63, 3.8) is 0 Å². The number of carbonyl (C=O) groups excluding carboxylic acids is 1. The van der Waals surface area contributed by atoms with Gasteiger partial charge in [-0.05, 0) is 32.0 Å². The van der Waals surface area contributed by atoms with Crippen molar-refractivity contribution in [1.82, 2.24) is 9.55 Å². The van der Waals surface area contributed by atoms with Gasteiger partial charge in [-0.25, -0.2) is 4.79 Å². The van der Waals surface area contributed by atoms with Gasteiger partial charge in [-0.2, -0.15) is 0 Å². The molecule has 2 rings (SSSR count). The van der Waals surface area contributed by atoms with Crippen LogP contribution < -0.4 is 0 Å². The Labute approximate surface area is 87.5 Å². The van der Waals surface area contributed by atoms with Crippen molar-refractivity contribution in [2.75, 3.05) is 0 Å². The lowest BCUT2D eigenvalue weighted by Crippen LogP contribution is -2.16. The fourth-order valence-electron chi connectivity index (χ4n) is 1.38. The molecule has 0 saturated carbocycles. The molecule has 0 aliphatic carbocycles. The van der Waals surface area contributed by atoms with Crippen LogP contribution >= 0.6 is 0 Å². The van der Waals surface area contributed by atoms with Crippen LogP contribution in [0.25, 0.3) is 11.0 Å². The second-order valence-electron chi connectivity index (χ2n) is 3.53. The predicted molar refractivity (Wildman–Crippen MR) is 56.7 cm³/mol. The minimum absolute atomic E-state index is 0.119. The smallest absolute Gasteiger partial charge is 0.418 e. The molecule has 2 heterocycles. The molecule has 0 bridgehead atoms. The summed E-state index contributed by atoms with van der Waals surface area (Å²) in [5, 5.41) is 0. The Bertz CT molecular complexity index is 488. The first-order valence-electron chi connectivity index (χ1n) is 4.81. The van der Waals surface area contributed by atoms with E-state index in [4.69, 9.17) is 4.74 Å². The number of pyridine rings is 1. The minimum Gasteiger partial charge on any atom is -0.446 e. The Hall–Kier alpha value is -1.84. The van der Waals surface area contributed by atoms with Crippen LogP contribution in [0, 0.1) is 0 Å². The number of aromatic nitrogens is 2. The largest absolute Gasteiger partial charge is 0.446 e. The minimum atomic E-state index is -0.368. The number of fused-ring (bicyclic) bond motifs is 1. The highest BCUT2D eigenvalue weighted by Crippen LogP contribution is 2.13. The molecule has 2 aromatic heterocycles. The van der Waals surface area contributed by atoms with Crippen LogP contribution in [0.5, 0.6) is 0 Å². The van der Waals surface area contributed by atoms with E-state index in [0.29, 0.717) is 0 Å². The van der Waals surface area contributed by atoms with E-state index in [1.165, 1.54) is 4.57 Å². The van der Waals surface area contributed by atoms with E-state index in [1.807, 2.05) is 19.9 Å². The average Bonchev–Trinajstić information content (AvgIpc) is 2.59. The van der Waals surface area contributed by atoms with Crippen molar-refractivity contribution in [2.45, 2.75) is 20.0 Å². The molecule has 0 amide bonds. The highest BCUT2D eigenvalue weighted by Gasteiger charge is 2.11. The van der Waals surface area contributed by atoms with E-state index >= 15 is 0 Å². The van der Waals surface area contributed by atoms with Crippen molar-refractivity contribution in [1.29, 1.82) is 0 Å². The molecule has 4 nitrogen and oxygen atoms in total. The lowest BCUT2D eigenvalue weighted by Gasteiger charge is -2.08. The fourth-order valence-corrected chi connectivity index (χ4v) is 1.38. The summed E-state index contributed by atoms with van der Waals surface area (Å²) >= 11 is 0. The van der Waals surface area contributed by atoms with Crippen LogP contribution in [0.3, 0.4) is 0 Å². The van der Waals surface area contributed by atoms with Gasteiger partial charge in [0, 0.05) is 12.4 Å². The fraction of sp³-hybridized carbons (Fsp3) is 0.273. The zero-order chi connectivity index (χ0) is 10.8. The number of hydrogen-bond donors (Lipinski definition) is 0. The topological polar surface area (TPSA) is 44.1 Å². The first kappa shape index (κ1) is 9.71. The van der Waals surface area contributed by atoms with Gasteiger partial charge < -0.3 is 4.74 Å². The molecule has 78 valence electrons. The molecule has 0 saturated heterocycles. The number of nitrogens with zero attached hydrogens (tertiary/aromatic N) is 2. The van der Waals surface area contributed by atoms with Crippen LogP contribution in [0.1, 0.15) is 13.8 Å². The van der Waals surface area contributed by atoms with Crippen molar-refractivity contribution >= 4 is 17.1 Å². The maximum Gasteiger partial charge on any atom is 0.418 e. The third-order valence-corrected chi connectivity index (χ3v) is 1.99. The first-order valence-corrected chi connectivity index (χ1v) is 4.81. The second-order valence-corrected chi connectivity index (χ2v) is 3.53. The Morgan fingerprint density at radius 2 is 2.27 bits per heavy atom. The summed E-state index contributed by atoms with van der Waals surface area (Å²) in [6.07, 6.45) is 2.88. The van der Waals surface area contributed by atoms with E-state index in [9.17, 15) is 4.79 Å². The maximum atomic E-state index is 11.6. The maximum absolute atomic E-state index is 11.6. The summed E-state index contributed by atoms with van der Waals surface area (Å²) in [4.78, 5) is 15.8. The quantitative estimate of drug-likeness (QED) is 0.716. The van der Waals surface area contributed by atoms with Crippen LogP contribution in [0.4, 0.5) is 4.79 Å². The van der Waals surface area contributed by atoms with Gasteiger partial charge in [0.25, 0.3) is 0 Å². The summed E-state index contributed by atoms with van der Waals surface area (Å²) in [7, 11) is 0. The van der Waals surface area contributed by atoms with Gasteiger partial charge in [-0.1, -0.05) is 0 Å². The molecule has 4 heteroatoms. The molecule has 0 aliphatic rings. The summed E-state index contributed by atoms with van der Waals surface area (Å²) in [6, 6.07) is 5.42. The molecule has 0 radical (unpaired) electrons. The molecule has 0 aromatic carbocycles. The number of rotatable bonds is 1. The third-order valence-electron chi connectivity index (χ3n) is 1.99. The highest BCUT2D eigenvalue weighted by atomic mass is 16.6. The summed E-state index contributed by atoms with van der Waals surface area (Å²) in [5.74, 6) is 0. The average molecular weight is 204 g/mol. The van der Waals surface area contributed by atoms with E-state index in [0.717, 1.165) is 11.0 Å². The summed E-state index contributed by atoms with van der Waals surface area (Å²) in [6.45, 7) is 3.64. The molecule has 0 unspecified atom stereocenters. The Kier molecular flexibility index (Phi) is 2.41. The SMILES string of the molecule is CC(C)OC(=O)n1ccc2ncccc21. The van der Waals surface area contributed by atoms with Gasteiger partial charge in [0.15, 0.2) is 0 Å². The zero-order valence-corrected chi connectivity index (χ0v) is 8.68. The highest BCUT2D eigenvalue weighted by molar-refractivity contribution is 5.86. The zero-order valence-electron chi connectivity index (χ0n) is 8.68. The van der Waals surface area contributed by atoms with Gasteiger partial charge in [-0.15, -0.1) is 0 Å². The molecule has 0 fully saturated rings. The molecular weight excluding hydrogens is 192 g/mol. The molecule has 2 aromatic rings.